The largest absolute Gasteiger partial charge is 0.467 e. The van der Waals surface area contributed by atoms with E-state index < -0.39 is 5.82 Å². The number of aromatic nitrogens is 2. The minimum atomic E-state index is -0.504. The van der Waals surface area contributed by atoms with Crippen LogP contribution in [0.1, 0.15) is 21.7 Å². The van der Waals surface area contributed by atoms with Crippen molar-refractivity contribution in [3.63, 3.8) is 0 Å². The van der Waals surface area contributed by atoms with Gasteiger partial charge in [-0.15, -0.1) is 0 Å². The third kappa shape index (κ3) is 5.43. The third-order valence-corrected chi connectivity index (χ3v) is 5.80. The highest BCUT2D eigenvalue weighted by Crippen LogP contribution is 2.35. The van der Waals surface area contributed by atoms with Crippen LogP contribution in [-0.4, -0.2) is 20.6 Å². The number of rotatable bonds is 8. The molecule has 5 aromatic rings. The number of carbonyl (C=O) groups is 1. The Balaban J connectivity index is 1.59. The Labute approximate surface area is 212 Å². The molecule has 0 spiro atoms. The van der Waals surface area contributed by atoms with Gasteiger partial charge >= 0.3 is 0 Å². The second-order valence-corrected chi connectivity index (χ2v) is 8.43. The Morgan fingerprint density at radius 3 is 2.41 bits per heavy atom. The Morgan fingerprint density at radius 2 is 1.70 bits per heavy atom. The van der Waals surface area contributed by atoms with E-state index in [4.69, 9.17) is 9.15 Å². The minimum Gasteiger partial charge on any atom is -0.467 e. The van der Waals surface area contributed by atoms with Crippen molar-refractivity contribution in [1.82, 2.24) is 14.7 Å². The molecule has 0 fully saturated rings. The number of ether oxygens (including phenoxy) is 1. The Bertz CT molecular complexity index is 1500. The molecule has 8 heteroatoms. The van der Waals surface area contributed by atoms with E-state index in [1.54, 1.807) is 34.8 Å². The number of amides is 1. The van der Waals surface area contributed by atoms with E-state index in [9.17, 15) is 13.6 Å². The van der Waals surface area contributed by atoms with Crippen LogP contribution in [0.2, 0.25) is 0 Å². The van der Waals surface area contributed by atoms with Gasteiger partial charge in [0.25, 0.3) is 5.91 Å². The van der Waals surface area contributed by atoms with E-state index in [-0.39, 0.29) is 30.4 Å². The number of aryl methyl sites for hydroxylation is 1. The highest BCUT2D eigenvalue weighted by molar-refractivity contribution is 5.94. The summed E-state index contributed by atoms with van der Waals surface area (Å²) in [6.07, 6.45) is 1.53. The number of hydrogen-bond acceptors (Lipinski definition) is 4. The molecule has 0 saturated heterocycles. The molecule has 0 bridgehead atoms. The number of halogens is 2. The fraction of sp³-hybridized carbons (Fsp3) is 0.103. The second-order valence-electron chi connectivity index (χ2n) is 8.43. The van der Waals surface area contributed by atoms with E-state index in [0.717, 1.165) is 5.56 Å². The SMILES string of the molecule is Cn1nc(-c2ccccc2)c(CN(Cc2ccco2)C(=O)c2cccc(F)c2)c1Oc1ccc(F)cc1. The van der Waals surface area contributed by atoms with Gasteiger partial charge in [0, 0.05) is 18.2 Å². The van der Waals surface area contributed by atoms with Crippen molar-refractivity contribution in [1.29, 1.82) is 0 Å². The van der Waals surface area contributed by atoms with Gasteiger partial charge in [0.15, 0.2) is 0 Å². The first kappa shape index (κ1) is 24.0. The molecule has 6 nitrogen and oxygen atoms in total. The molecule has 0 aliphatic rings. The highest BCUT2D eigenvalue weighted by Gasteiger charge is 2.26. The van der Waals surface area contributed by atoms with Gasteiger partial charge in [-0.25, -0.2) is 13.5 Å². The summed E-state index contributed by atoms with van der Waals surface area (Å²) in [5.41, 5.74) is 2.29. The molecular formula is C29H23F2N3O3. The average Bonchev–Trinajstić information content (AvgIpc) is 3.53. The molecule has 0 saturated carbocycles. The lowest BCUT2D eigenvalue weighted by atomic mass is 10.1. The molecule has 1 amide bonds. The molecule has 5 rings (SSSR count). The summed E-state index contributed by atoms with van der Waals surface area (Å²) in [6.45, 7) is 0.228. The fourth-order valence-corrected chi connectivity index (χ4v) is 4.05. The zero-order chi connectivity index (χ0) is 25.8. The maximum absolute atomic E-state index is 14.0. The average molecular weight is 500 g/mol. The van der Waals surface area contributed by atoms with Crippen molar-refractivity contribution in [2.45, 2.75) is 13.1 Å². The number of benzene rings is 3. The van der Waals surface area contributed by atoms with Crippen molar-refractivity contribution in [3.8, 4) is 22.9 Å². The maximum Gasteiger partial charge on any atom is 0.254 e. The lowest BCUT2D eigenvalue weighted by molar-refractivity contribution is 0.0716. The summed E-state index contributed by atoms with van der Waals surface area (Å²) in [7, 11) is 1.74. The summed E-state index contributed by atoms with van der Waals surface area (Å²) in [6, 6.07) is 24.2. The molecule has 37 heavy (non-hydrogen) atoms. The third-order valence-electron chi connectivity index (χ3n) is 5.80. The molecule has 2 heterocycles. The first-order valence-corrected chi connectivity index (χ1v) is 11.6. The van der Waals surface area contributed by atoms with Crippen molar-refractivity contribution < 1.29 is 22.7 Å². The van der Waals surface area contributed by atoms with Crippen LogP contribution in [0.5, 0.6) is 11.6 Å². The van der Waals surface area contributed by atoms with Crippen LogP contribution in [0.4, 0.5) is 8.78 Å². The monoisotopic (exact) mass is 499 g/mol. The van der Waals surface area contributed by atoms with E-state index in [2.05, 4.69) is 5.10 Å². The summed E-state index contributed by atoms with van der Waals surface area (Å²) in [5.74, 6) is 0.104. The smallest absolute Gasteiger partial charge is 0.254 e. The highest BCUT2D eigenvalue weighted by atomic mass is 19.1. The second kappa shape index (κ2) is 10.5. The fourth-order valence-electron chi connectivity index (χ4n) is 4.05. The van der Waals surface area contributed by atoms with Crippen LogP contribution >= 0.6 is 0 Å². The van der Waals surface area contributed by atoms with E-state index in [1.165, 1.54) is 48.7 Å². The zero-order valence-electron chi connectivity index (χ0n) is 20.0. The van der Waals surface area contributed by atoms with Gasteiger partial charge in [-0.1, -0.05) is 36.4 Å². The van der Waals surface area contributed by atoms with Crippen LogP contribution in [0.25, 0.3) is 11.3 Å². The van der Waals surface area contributed by atoms with Gasteiger partial charge in [0.2, 0.25) is 5.88 Å². The number of hydrogen-bond donors (Lipinski definition) is 0. The van der Waals surface area contributed by atoms with Gasteiger partial charge in [0.05, 0.1) is 24.9 Å². The van der Waals surface area contributed by atoms with Crippen molar-refractivity contribution in [3.05, 3.63) is 126 Å². The Morgan fingerprint density at radius 1 is 0.919 bits per heavy atom. The minimum absolute atomic E-state index is 0.0879. The molecule has 2 aromatic heterocycles. The van der Waals surface area contributed by atoms with Gasteiger partial charge in [-0.2, -0.15) is 5.10 Å². The normalized spacial score (nSPS) is 10.9. The topological polar surface area (TPSA) is 60.5 Å². The summed E-state index contributed by atoms with van der Waals surface area (Å²) in [4.78, 5) is 15.1. The Kier molecular flexibility index (Phi) is 6.81. The first-order chi connectivity index (χ1) is 18.0. The lowest BCUT2D eigenvalue weighted by Gasteiger charge is -2.23. The molecule has 0 aliphatic carbocycles. The molecule has 0 radical (unpaired) electrons. The van der Waals surface area contributed by atoms with Crippen LogP contribution in [0.3, 0.4) is 0 Å². The molecule has 186 valence electrons. The summed E-state index contributed by atoms with van der Waals surface area (Å²) in [5, 5.41) is 4.69. The predicted octanol–water partition coefficient (Wildman–Crippen LogP) is 6.59. The first-order valence-electron chi connectivity index (χ1n) is 11.6. The number of furan rings is 1. The summed E-state index contributed by atoms with van der Waals surface area (Å²) >= 11 is 0. The van der Waals surface area contributed by atoms with Gasteiger partial charge in [-0.05, 0) is 54.6 Å². The quantitative estimate of drug-likeness (QED) is 0.242. The van der Waals surface area contributed by atoms with Gasteiger partial charge < -0.3 is 14.1 Å². The number of nitrogens with zero attached hydrogens (tertiary/aromatic N) is 3. The number of carbonyl (C=O) groups excluding carboxylic acids is 1. The van der Waals surface area contributed by atoms with E-state index in [0.29, 0.717) is 28.6 Å². The lowest BCUT2D eigenvalue weighted by Crippen LogP contribution is -2.30. The van der Waals surface area contributed by atoms with Crippen molar-refractivity contribution in [2.24, 2.45) is 7.05 Å². The summed E-state index contributed by atoms with van der Waals surface area (Å²) < 4.78 is 40.7. The molecule has 0 aliphatic heterocycles. The standard InChI is InChI=1S/C29H23F2N3O3/c1-33-29(37-24-14-12-22(30)13-15-24)26(27(32-33)20-7-3-2-4-8-20)19-34(18-25-11-6-16-36-25)28(35)21-9-5-10-23(31)17-21/h2-17H,18-19H2,1H3. The maximum atomic E-state index is 14.0. The van der Waals surface area contributed by atoms with Crippen molar-refractivity contribution in [2.75, 3.05) is 0 Å². The van der Waals surface area contributed by atoms with Crippen LogP contribution in [-0.2, 0) is 20.1 Å². The van der Waals surface area contributed by atoms with Crippen LogP contribution in [0, 0.1) is 11.6 Å². The van der Waals surface area contributed by atoms with E-state index >= 15 is 0 Å². The molecular weight excluding hydrogens is 476 g/mol. The Hall–Kier alpha value is -4.72. The molecule has 0 atom stereocenters. The van der Waals surface area contributed by atoms with Crippen LogP contribution in [0.15, 0.2) is 102 Å². The molecule has 0 unspecified atom stereocenters. The van der Waals surface area contributed by atoms with Gasteiger partial charge in [0.1, 0.15) is 28.8 Å². The van der Waals surface area contributed by atoms with Crippen molar-refractivity contribution >= 4 is 5.91 Å². The zero-order valence-corrected chi connectivity index (χ0v) is 20.0. The molecule has 3 aromatic carbocycles. The van der Waals surface area contributed by atoms with Gasteiger partial charge in [-0.3, -0.25) is 4.79 Å². The van der Waals surface area contributed by atoms with Crippen LogP contribution < -0.4 is 4.74 Å². The van der Waals surface area contributed by atoms with E-state index in [1.807, 2.05) is 30.3 Å². The molecule has 0 N–H and O–H groups in total. The predicted molar refractivity (Wildman–Crippen MR) is 134 cm³/mol.